The first-order valence-electron chi connectivity index (χ1n) is 5.79. The Hall–Kier alpha value is -0.930. The summed E-state index contributed by atoms with van der Waals surface area (Å²) >= 11 is 0. The van der Waals surface area contributed by atoms with Gasteiger partial charge in [-0.15, -0.1) is 0 Å². The van der Waals surface area contributed by atoms with Crippen LogP contribution in [0.4, 0.5) is 4.39 Å². The van der Waals surface area contributed by atoms with Crippen molar-refractivity contribution in [3.63, 3.8) is 0 Å². The number of benzene rings is 1. The number of rotatable bonds is 3. The Labute approximate surface area is 95.6 Å². The molecular weight excluding hydrogens is 205 g/mol. The van der Waals surface area contributed by atoms with Gasteiger partial charge in [-0.25, -0.2) is 4.39 Å². The second kappa shape index (κ2) is 4.93. The molecular formula is C13H18FNO. The Morgan fingerprint density at radius 1 is 1.50 bits per heavy atom. The van der Waals surface area contributed by atoms with Gasteiger partial charge in [0, 0.05) is 12.6 Å². The number of nitrogens with two attached hydrogens (primary N) is 1. The van der Waals surface area contributed by atoms with Crippen molar-refractivity contribution in [2.24, 2.45) is 11.7 Å². The van der Waals surface area contributed by atoms with Crippen LogP contribution >= 0.6 is 0 Å². The van der Waals surface area contributed by atoms with Crippen molar-refractivity contribution in [1.29, 1.82) is 0 Å². The summed E-state index contributed by atoms with van der Waals surface area (Å²) < 4.78 is 19.0. The minimum atomic E-state index is -0.177. The third-order valence-electron chi connectivity index (χ3n) is 3.28. The van der Waals surface area contributed by atoms with Crippen LogP contribution in [0, 0.1) is 11.7 Å². The van der Waals surface area contributed by atoms with Gasteiger partial charge >= 0.3 is 0 Å². The number of hydrogen-bond donors (Lipinski definition) is 1. The van der Waals surface area contributed by atoms with E-state index in [1.807, 2.05) is 6.07 Å². The molecule has 1 aromatic rings. The molecule has 1 saturated heterocycles. The van der Waals surface area contributed by atoms with Gasteiger partial charge in [0.1, 0.15) is 5.82 Å². The Morgan fingerprint density at radius 2 is 2.25 bits per heavy atom. The van der Waals surface area contributed by atoms with Gasteiger partial charge in [0.25, 0.3) is 0 Å². The zero-order valence-electron chi connectivity index (χ0n) is 9.53. The van der Waals surface area contributed by atoms with Crippen molar-refractivity contribution < 1.29 is 9.13 Å². The Morgan fingerprint density at radius 3 is 2.88 bits per heavy atom. The quantitative estimate of drug-likeness (QED) is 0.852. The van der Waals surface area contributed by atoms with Crippen LogP contribution in [0.15, 0.2) is 24.3 Å². The summed E-state index contributed by atoms with van der Waals surface area (Å²) in [4.78, 5) is 0. The molecule has 1 aliphatic rings. The smallest absolute Gasteiger partial charge is 0.126 e. The van der Waals surface area contributed by atoms with Gasteiger partial charge in [0.15, 0.2) is 0 Å². The molecule has 0 amide bonds. The first-order valence-corrected chi connectivity index (χ1v) is 5.79. The van der Waals surface area contributed by atoms with Crippen LogP contribution < -0.4 is 5.73 Å². The molecule has 1 fully saturated rings. The summed E-state index contributed by atoms with van der Waals surface area (Å²) in [5.41, 5.74) is 6.76. The van der Waals surface area contributed by atoms with Crippen LogP contribution in [0.2, 0.25) is 0 Å². The van der Waals surface area contributed by atoms with E-state index < -0.39 is 0 Å². The molecule has 3 heteroatoms. The Kier molecular flexibility index (Phi) is 3.56. The summed E-state index contributed by atoms with van der Waals surface area (Å²) in [6.45, 7) is 2.91. The van der Waals surface area contributed by atoms with Crippen LogP contribution in [0.5, 0.6) is 0 Å². The minimum Gasteiger partial charge on any atom is -0.376 e. The summed E-state index contributed by atoms with van der Waals surface area (Å²) in [5.74, 6) is 0.297. The standard InChI is InChI=1S/C13H18FNO/c1-9-6-7-16-13(9)12(15)8-10-4-2-3-5-11(10)14/h2-5,9,12-13H,6-8,15H2,1H3. The molecule has 2 rings (SSSR count). The first-order chi connectivity index (χ1) is 7.68. The maximum Gasteiger partial charge on any atom is 0.126 e. The fourth-order valence-electron chi connectivity index (χ4n) is 2.30. The Bertz CT molecular complexity index is 356. The van der Waals surface area contributed by atoms with E-state index >= 15 is 0 Å². The summed E-state index contributed by atoms with van der Waals surface area (Å²) in [5, 5.41) is 0. The third-order valence-corrected chi connectivity index (χ3v) is 3.28. The fraction of sp³-hybridized carbons (Fsp3) is 0.538. The number of ether oxygens (including phenoxy) is 1. The second-order valence-electron chi connectivity index (χ2n) is 4.56. The Balaban J connectivity index is 2.02. The van der Waals surface area contributed by atoms with E-state index in [-0.39, 0.29) is 18.0 Å². The van der Waals surface area contributed by atoms with E-state index in [2.05, 4.69) is 6.92 Å². The van der Waals surface area contributed by atoms with Crippen molar-refractivity contribution in [3.05, 3.63) is 35.6 Å². The van der Waals surface area contributed by atoms with E-state index in [0.29, 0.717) is 17.9 Å². The average Bonchev–Trinajstić information content (AvgIpc) is 2.68. The molecule has 2 N–H and O–H groups in total. The molecule has 1 aliphatic heterocycles. The molecule has 3 atom stereocenters. The molecule has 0 spiro atoms. The van der Waals surface area contributed by atoms with E-state index in [4.69, 9.17) is 10.5 Å². The first kappa shape index (κ1) is 11.6. The molecule has 0 saturated carbocycles. The van der Waals surface area contributed by atoms with Gasteiger partial charge in [-0.05, 0) is 30.4 Å². The van der Waals surface area contributed by atoms with Crippen LogP contribution in [0.3, 0.4) is 0 Å². The molecule has 16 heavy (non-hydrogen) atoms. The monoisotopic (exact) mass is 223 g/mol. The lowest BCUT2D eigenvalue weighted by Crippen LogP contribution is -2.39. The SMILES string of the molecule is CC1CCOC1C(N)Cc1ccccc1F. The number of halogens is 1. The maximum absolute atomic E-state index is 13.4. The predicted molar refractivity (Wildman–Crippen MR) is 61.6 cm³/mol. The highest BCUT2D eigenvalue weighted by Gasteiger charge is 2.30. The molecule has 88 valence electrons. The lowest BCUT2D eigenvalue weighted by molar-refractivity contribution is 0.0724. The highest BCUT2D eigenvalue weighted by Crippen LogP contribution is 2.24. The van der Waals surface area contributed by atoms with Gasteiger partial charge in [0.05, 0.1) is 6.10 Å². The van der Waals surface area contributed by atoms with Gasteiger partial charge in [-0.2, -0.15) is 0 Å². The zero-order valence-corrected chi connectivity index (χ0v) is 9.53. The van der Waals surface area contributed by atoms with E-state index in [1.54, 1.807) is 12.1 Å². The van der Waals surface area contributed by atoms with Crippen molar-refractivity contribution >= 4 is 0 Å². The van der Waals surface area contributed by atoms with Crippen LogP contribution in [0.1, 0.15) is 18.9 Å². The normalized spacial score (nSPS) is 26.9. The van der Waals surface area contributed by atoms with Crippen molar-refractivity contribution in [1.82, 2.24) is 0 Å². The van der Waals surface area contributed by atoms with Crippen LogP contribution in [0.25, 0.3) is 0 Å². The topological polar surface area (TPSA) is 35.2 Å². The van der Waals surface area contributed by atoms with Crippen molar-refractivity contribution in [2.45, 2.75) is 31.9 Å². The molecule has 0 aromatic heterocycles. The molecule has 3 unspecified atom stereocenters. The molecule has 2 nitrogen and oxygen atoms in total. The molecule has 1 heterocycles. The number of hydrogen-bond acceptors (Lipinski definition) is 2. The maximum atomic E-state index is 13.4. The largest absolute Gasteiger partial charge is 0.376 e. The highest BCUT2D eigenvalue weighted by atomic mass is 19.1. The zero-order chi connectivity index (χ0) is 11.5. The molecule has 1 aromatic carbocycles. The van der Waals surface area contributed by atoms with Crippen LogP contribution in [-0.4, -0.2) is 18.8 Å². The van der Waals surface area contributed by atoms with Gasteiger partial charge in [0.2, 0.25) is 0 Å². The lowest BCUT2D eigenvalue weighted by Gasteiger charge is -2.22. The predicted octanol–water partition coefficient (Wildman–Crippen LogP) is 2.12. The van der Waals surface area contributed by atoms with E-state index in [0.717, 1.165) is 13.0 Å². The highest BCUT2D eigenvalue weighted by molar-refractivity contribution is 5.18. The van der Waals surface area contributed by atoms with E-state index in [1.165, 1.54) is 6.07 Å². The summed E-state index contributed by atoms with van der Waals surface area (Å²) in [6, 6.07) is 6.67. The van der Waals surface area contributed by atoms with Gasteiger partial charge in [-0.1, -0.05) is 25.1 Å². The summed E-state index contributed by atoms with van der Waals surface area (Å²) in [6.07, 6.45) is 1.66. The summed E-state index contributed by atoms with van der Waals surface area (Å²) in [7, 11) is 0. The van der Waals surface area contributed by atoms with E-state index in [9.17, 15) is 4.39 Å². The average molecular weight is 223 g/mol. The molecule has 0 radical (unpaired) electrons. The van der Waals surface area contributed by atoms with Crippen molar-refractivity contribution in [3.8, 4) is 0 Å². The minimum absolute atomic E-state index is 0.0691. The van der Waals surface area contributed by atoms with Gasteiger partial charge < -0.3 is 10.5 Å². The van der Waals surface area contributed by atoms with Crippen LogP contribution in [-0.2, 0) is 11.2 Å². The van der Waals surface area contributed by atoms with Gasteiger partial charge in [-0.3, -0.25) is 0 Å². The second-order valence-corrected chi connectivity index (χ2v) is 4.56. The fourth-order valence-corrected chi connectivity index (χ4v) is 2.30. The molecule has 0 bridgehead atoms. The third kappa shape index (κ3) is 2.42. The molecule has 0 aliphatic carbocycles. The lowest BCUT2D eigenvalue weighted by atomic mass is 9.93. The van der Waals surface area contributed by atoms with Crippen molar-refractivity contribution in [2.75, 3.05) is 6.61 Å².